The van der Waals surface area contributed by atoms with Crippen molar-refractivity contribution in [3.63, 3.8) is 0 Å². The Labute approximate surface area is 128 Å². The molecular formula is C14H12Br2N2O. The number of methoxy groups -OCH3 is 1. The Morgan fingerprint density at radius 3 is 2.53 bits per heavy atom. The Hall–Kier alpha value is -1.33. The van der Waals surface area contributed by atoms with E-state index in [-0.39, 0.29) is 0 Å². The Bertz CT molecular complexity index is 585. The number of hydrogen-bond acceptors (Lipinski definition) is 3. The van der Waals surface area contributed by atoms with Gasteiger partial charge in [-0.3, -0.25) is 5.43 Å². The van der Waals surface area contributed by atoms with Gasteiger partial charge in [0.2, 0.25) is 0 Å². The molecule has 3 nitrogen and oxygen atoms in total. The highest BCUT2D eigenvalue weighted by atomic mass is 79.9. The third-order valence-electron chi connectivity index (χ3n) is 2.46. The second-order valence-electron chi connectivity index (χ2n) is 3.73. The average molecular weight is 384 g/mol. The summed E-state index contributed by atoms with van der Waals surface area (Å²) in [6, 6.07) is 15.5. The van der Waals surface area contributed by atoms with Gasteiger partial charge < -0.3 is 4.74 Å². The largest absolute Gasteiger partial charge is 0.497 e. The third-order valence-corrected chi connectivity index (χ3v) is 3.75. The number of rotatable bonds is 4. The molecule has 0 amide bonds. The summed E-state index contributed by atoms with van der Waals surface area (Å²) < 4.78 is 6.78. The van der Waals surface area contributed by atoms with Gasteiger partial charge >= 0.3 is 0 Å². The molecule has 2 aromatic rings. The van der Waals surface area contributed by atoms with E-state index in [9.17, 15) is 0 Å². The van der Waals surface area contributed by atoms with Gasteiger partial charge in [-0.2, -0.15) is 5.10 Å². The molecule has 98 valence electrons. The van der Waals surface area contributed by atoms with Crippen LogP contribution in [0.25, 0.3) is 0 Å². The van der Waals surface area contributed by atoms with Crippen LogP contribution in [-0.2, 0) is 0 Å². The Morgan fingerprint density at radius 2 is 1.89 bits per heavy atom. The quantitative estimate of drug-likeness (QED) is 0.617. The van der Waals surface area contributed by atoms with E-state index < -0.39 is 0 Å². The molecule has 1 N–H and O–H groups in total. The smallest absolute Gasteiger partial charge is 0.133 e. The van der Waals surface area contributed by atoms with Crippen molar-refractivity contribution in [2.75, 3.05) is 12.5 Å². The second kappa shape index (κ2) is 6.73. The molecule has 0 aliphatic rings. The molecule has 2 aromatic carbocycles. The molecule has 0 aromatic heterocycles. The number of anilines is 1. The predicted molar refractivity (Wildman–Crippen MR) is 86.2 cm³/mol. The van der Waals surface area contributed by atoms with Crippen LogP contribution in [0.5, 0.6) is 5.75 Å². The predicted octanol–water partition coefficient (Wildman–Crippen LogP) is 4.63. The van der Waals surface area contributed by atoms with Crippen molar-refractivity contribution in [2.24, 2.45) is 5.10 Å². The van der Waals surface area contributed by atoms with Gasteiger partial charge in [-0.15, -0.1) is 0 Å². The zero-order valence-electron chi connectivity index (χ0n) is 10.2. The van der Waals surface area contributed by atoms with Gasteiger partial charge in [-0.25, -0.2) is 0 Å². The van der Waals surface area contributed by atoms with Crippen LogP contribution < -0.4 is 10.2 Å². The second-order valence-corrected chi connectivity index (χ2v) is 5.33. The van der Waals surface area contributed by atoms with Crippen LogP contribution in [0.3, 0.4) is 0 Å². The fourth-order valence-corrected chi connectivity index (χ4v) is 2.26. The van der Waals surface area contributed by atoms with Crippen LogP contribution in [0.15, 0.2) is 58.1 Å². The van der Waals surface area contributed by atoms with Gasteiger partial charge in [0.1, 0.15) is 10.4 Å². The van der Waals surface area contributed by atoms with Crippen LogP contribution in [0.4, 0.5) is 5.69 Å². The van der Waals surface area contributed by atoms with Gasteiger partial charge in [0, 0.05) is 10.0 Å². The number of hydrogen-bond donors (Lipinski definition) is 1. The van der Waals surface area contributed by atoms with Crippen molar-refractivity contribution < 1.29 is 4.74 Å². The molecule has 0 aliphatic carbocycles. The number of halogens is 2. The molecule has 0 saturated carbocycles. The van der Waals surface area contributed by atoms with Gasteiger partial charge in [0.15, 0.2) is 0 Å². The number of ether oxygens (including phenoxy) is 1. The van der Waals surface area contributed by atoms with Crippen LogP contribution in [0, 0.1) is 0 Å². The summed E-state index contributed by atoms with van der Waals surface area (Å²) >= 11 is 6.91. The number of hydrazone groups is 1. The maximum absolute atomic E-state index is 5.14. The van der Waals surface area contributed by atoms with E-state index in [0.29, 0.717) is 0 Å². The lowest BCUT2D eigenvalue weighted by Crippen LogP contribution is -1.97. The molecule has 0 fully saturated rings. The maximum Gasteiger partial charge on any atom is 0.133 e. The molecular weight excluding hydrogens is 372 g/mol. The summed E-state index contributed by atoms with van der Waals surface area (Å²) in [6.45, 7) is 0. The highest BCUT2D eigenvalue weighted by molar-refractivity contribution is 9.18. The minimum absolute atomic E-state index is 0.746. The van der Waals surface area contributed by atoms with Crippen molar-refractivity contribution in [3.05, 3.63) is 58.6 Å². The Morgan fingerprint density at radius 1 is 1.16 bits per heavy atom. The van der Waals surface area contributed by atoms with Crippen molar-refractivity contribution in [1.82, 2.24) is 0 Å². The zero-order valence-corrected chi connectivity index (χ0v) is 13.4. The number of nitrogens with zero attached hydrogens (tertiary/aromatic N) is 1. The molecule has 0 saturated heterocycles. The van der Waals surface area contributed by atoms with E-state index in [0.717, 1.165) is 26.1 Å². The zero-order chi connectivity index (χ0) is 13.7. The lowest BCUT2D eigenvalue weighted by Gasteiger charge is -2.06. The SMILES string of the molecule is COc1ccc(N/N=C(\Br)c2ccccc2)c(Br)c1. The first kappa shape index (κ1) is 14.1. The Balaban J connectivity index is 2.14. The van der Waals surface area contributed by atoms with Gasteiger partial charge in [0.25, 0.3) is 0 Å². The van der Waals surface area contributed by atoms with Gasteiger partial charge in [0.05, 0.1) is 12.8 Å². The molecule has 0 unspecified atom stereocenters. The summed E-state index contributed by atoms with van der Waals surface area (Å²) in [6.07, 6.45) is 0. The minimum atomic E-state index is 0.746. The summed E-state index contributed by atoms with van der Waals surface area (Å²) in [5.41, 5.74) is 4.88. The van der Waals surface area contributed by atoms with E-state index in [2.05, 4.69) is 42.4 Å². The first-order valence-electron chi connectivity index (χ1n) is 5.59. The number of benzene rings is 2. The molecule has 5 heteroatoms. The van der Waals surface area contributed by atoms with Crippen LogP contribution in [0.2, 0.25) is 0 Å². The highest BCUT2D eigenvalue weighted by Crippen LogP contribution is 2.27. The highest BCUT2D eigenvalue weighted by Gasteiger charge is 2.02. The topological polar surface area (TPSA) is 33.6 Å². The molecule has 0 radical (unpaired) electrons. The molecule has 0 bridgehead atoms. The lowest BCUT2D eigenvalue weighted by atomic mass is 10.2. The molecule has 0 atom stereocenters. The number of nitrogens with one attached hydrogen (secondary N) is 1. The first-order valence-corrected chi connectivity index (χ1v) is 7.17. The molecule has 0 spiro atoms. The maximum atomic E-state index is 5.14. The first-order chi connectivity index (χ1) is 9.20. The summed E-state index contributed by atoms with van der Waals surface area (Å²) in [5.74, 6) is 0.795. The van der Waals surface area contributed by atoms with E-state index >= 15 is 0 Å². The average Bonchev–Trinajstić information content (AvgIpc) is 2.46. The van der Waals surface area contributed by atoms with Crippen LogP contribution in [-0.4, -0.2) is 11.7 Å². The normalized spacial score (nSPS) is 11.2. The van der Waals surface area contributed by atoms with E-state index in [1.807, 2.05) is 48.5 Å². The van der Waals surface area contributed by atoms with E-state index in [1.54, 1.807) is 7.11 Å². The molecule has 2 rings (SSSR count). The van der Waals surface area contributed by atoms with Crippen molar-refractivity contribution in [1.29, 1.82) is 0 Å². The lowest BCUT2D eigenvalue weighted by molar-refractivity contribution is 0.414. The minimum Gasteiger partial charge on any atom is -0.497 e. The van der Waals surface area contributed by atoms with Crippen LogP contribution >= 0.6 is 31.9 Å². The monoisotopic (exact) mass is 382 g/mol. The van der Waals surface area contributed by atoms with E-state index in [1.165, 1.54) is 0 Å². The fourth-order valence-electron chi connectivity index (χ4n) is 1.46. The molecule has 0 aliphatic heterocycles. The molecule has 19 heavy (non-hydrogen) atoms. The molecule has 0 heterocycles. The van der Waals surface area contributed by atoms with Crippen molar-refractivity contribution in [2.45, 2.75) is 0 Å². The Kier molecular flexibility index (Phi) is 4.99. The standard InChI is InChI=1S/C14H12Br2N2O/c1-19-11-7-8-13(12(15)9-11)17-18-14(16)10-5-3-2-4-6-10/h2-9,17H,1H3/b18-14-. The fraction of sp³-hybridized carbons (Fsp3) is 0.0714. The van der Waals surface area contributed by atoms with Crippen molar-refractivity contribution >= 4 is 42.2 Å². The summed E-state index contributed by atoms with van der Waals surface area (Å²) in [5, 5.41) is 4.29. The summed E-state index contributed by atoms with van der Waals surface area (Å²) in [4.78, 5) is 0. The van der Waals surface area contributed by atoms with Crippen LogP contribution in [0.1, 0.15) is 5.56 Å². The third kappa shape index (κ3) is 3.81. The van der Waals surface area contributed by atoms with Crippen molar-refractivity contribution in [3.8, 4) is 5.75 Å². The summed E-state index contributed by atoms with van der Waals surface area (Å²) in [7, 11) is 1.64. The van der Waals surface area contributed by atoms with E-state index in [4.69, 9.17) is 4.74 Å². The van der Waals surface area contributed by atoms with Gasteiger partial charge in [-0.05, 0) is 50.1 Å². The van der Waals surface area contributed by atoms with Gasteiger partial charge in [-0.1, -0.05) is 30.3 Å².